The molecule has 0 saturated heterocycles. The van der Waals surface area contributed by atoms with E-state index in [1.54, 1.807) is 11.8 Å². The third-order valence-electron chi connectivity index (χ3n) is 3.13. The second-order valence-electron chi connectivity index (χ2n) is 5.08. The van der Waals surface area contributed by atoms with Gasteiger partial charge in [-0.3, -0.25) is 4.79 Å². The number of amides is 1. The molecule has 0 aliphatic rings. The SMILES string of the molecule is Cc1ccc(NC(=O)CSCCOc2ccccc2)c(C)c1. The van der Waals surface area contributed by atoms with Crippen molar-refractivity contribution in [3.8, 4) is 5.75 Å². The second kappa shape index (κ2) is 8.49. The quantitative estimate of drug-likeness (QED) is 0.783. The van der Waals surface area contributed by atoms with E-state index in [2.05, 4.69) is 11.4 Å². The number of aryl methyl sites for hydroxylation is 2. The summed E-state index contributed by atoms with van der Waals surface area (Å²) in [5.74, 6) is 2.11. The van der Waals surface area contributed by atoms with Gasteiger partial charge < -0.3 is 10.1 Å². The standard InChI is InChI=1S/C18H21NO2S/c1-14-8-9-17(15(2)12-14)19-18(20)13-22-11-10-21-16-6-4-3-5-7-16/h3-9,12H,10-11,13H2,1-2H3,(H,19,20). The fourth-order valence-corrected chi connectivity index (χ4v) is 2.64. The summed E-state index contributed by atoms with van der Waals surface area (Å²) in [6.07, 6.45) is 0. The van der Waals surface area contributed by atoms with Gasteiger partial charge >= 0.3 is 0 Å². The van der Waals surface area contributed by atoms with Crippen LogP contribution in [0.4, 0.5) is 5.69 Å². The van der Waals surface area contributed by atoms with Crippen LogP contribution in [0.2, 0.25) is 0 Å². The average Bonchev–Trinajstić information content (AvgIpc) is 2.51. The van der Waals surface area contributed by atoms with Crippen LogP contribution >= 0.6 is 11.8 Å². The normalized spacial score (nSPS) is 10.3. The number of benzene rings is 2. The first-order chi connectivity index (χ1) is 10.6. The lowest BCUT2D eigenvalue weighted by atomic mass is 10.1. The van der Waals surface area contributed by atoms with Crippen LogP contribution in [0.3, 0.4) is 0 Å². The van der Waals surface area contributed by atoms with Crippen LogP contribution in [0.5, 0.6) is 5.75 Å². The summed E-state index contributed by atoms with van der Waals surface area (Å²) in [6.45, 7) is 4.65. The number of hydrogen-bond donors (Lipinski definition) is 1. The van der Waals surface area contributed by atoms with Gasteiger partial charge in [-0.25, -0.2) is 0 Å². The van der Waals surface area contributed by atoms with Crippen molar-refractivity contribution in [2.75, 3.05) is 23.4 Å². The van der Waals surface area contributed by atoms with Gasteiger partial charge in [-0.1, -0.05) is 35.9 Å². The number of ether oxygens (including phenoxy) is 1. The number of carbonyl (C=O) groups excluding carboxylic acids is 1. The predicted molar refractivity (Wildman–Crippen MR) is 93.8 cm³/mol. The highest BCUT2D eigenvalue weighted by atomic mass is 32.2. The molecule has 4 heteroatoms. The Labute approximate surface area is 136 Å². The van der Waals surface area contributed by atoms with Crippen molar-refractivity contribution in [3.63, 3.8) is 0 Å². The summed E-state index contributed by atoms with van der Waals surface area (Å²) in [5, 5.41) is 2.95. The van der Waals surface area contributed by atoms with Crippen molar-refractivity contribution < 1.29 is 9.53 Å². The number of nitrogens with one attached hydrogen (secondary N) is 1. The molecule has 1 N–H and O–H groups in total. The maximum atomic E-state index is 11.9. The molecule has 22 heavy (non-hydrogen) atoms. The van der Waals surface area contributed by atoms with Crippen molar-refractivity contribution in [3.05, 3.63) is 59.7 Å². The number of para-hydroxylation sites is 1. The number of anilines is 1. The third kappa shape index (κ3) is 5.45. The smallest absolute Gasteiger partial charge is 0.234 e. The van der Waals surface area contributed by atoms with Gasteiger partial charge in [0.1, 0.15) is 5.75 Å². The van der Waals surface area contributed by atoms with E-state index in [4.69, 9.17) is 4.74 Å². The van der Waals surface area contributed by atoms with Gasteiger partial charge in [-0.2, -0.15) is 0 Å². The molecular formula is C18H21NO2S. The lowest BCUT2D eigenvalue weighted by molar-refractivity contribution is -0.113. The lowest BCUT2D eigenvalue weighted by Crippen LogP contribution is -2.16. The number of thioether (sulfide) groups is 1. The van der Waals surface area contributed by atoms with E-state index in [9.17, 15) is 4.79 Å². The minimum Gasteiger partial charge on any atom is -0.493 e. The van der Waals surface area contributed by atoms with E-state index < -0.39 is 0 Å². The molecule has 0 fully saturated rings. The minimum absolute atomic E-state index is 0.0247. The summed E-state index contributed by atoms with van der Waals surface area (Å²) in [7, 11) is 0. The first-order valence-corrected chi connectivity index (χ1v) is 8.43. The van der Waals surface area contributed by atoms with Crippen molar-refractivity contribution in [2.45, 2.75) is 13.8 Å². The maximum absolute atomic E-state index is 11.9. The van der Waals surface area contributed by atoms with Gasteiger partial charge in [0.05, 0.1) is 12.4 Å². The highest BCUT2D eigenvalue weighted by Gasteiger charge is 2.05. The van der Waals surface area contributed by atoms with Gasteiger partial charge in [0.25, 0.3) is 0 Å². The summed E-state index contributed by atoms with van der Waals surface area (Å²) in [4.78, 5) is 11.9. The Morgan fingerprint density at radius 1 is 1.14 bits per heavy atom. The van der Waals surface area contributed by atoms with Crippen molar-refractivity contribution >= 4 is 23.4 Å². The zero-order chi connectivity index (χ0) is 15.8. The van der Waals surface area contributed by atoms with Crippen molar-refractivity contribution in [1.29, 1.82) is 0 Å². The monoisotopic (exact) mass is 315 g/mol. The number of hydrogen-bond acceptors (Lipinski definition) is 3. The highest BCUT2D eigenvalue weighted by molar-refractivity contribution is 7.99. The Balaban J connectivity index is 1.65. The Hall–Kier alpha value is -1.94. The van der Waals surface area contributed by atoms with Gasteiger partial charge in [0, 0.05) is 11.4 Å². The lowest BCUT2D eigenvalue weighted by Gasteiger charge is -2.09. The molecule has 0 radical (unpaired) electrons. The number of carbonyl (C=O) groups is 1. The Morgan fingerprint density at radius 3 is 2.64 bits per heavy atom. The zero-order valence-corrected chi connectivity index (χ0v) is 13.8. The molecule has 0 unspecified atom stereocenters. The molecule has 0 aliphatic carbocycles. The first kappa shape index (κ1) is 16.4. The maximum Gasteiger partial charge on any atom is 0.234 e. The fraction of sp³-hybridized carbons (Fsp3) is 0.278. The van der Waals surface area contributed by atoms with Crippen LogP contribution < -0.4 is 10.1 Å². The van der Waals surface area contributed by atoms with Crippen LogP contribution in [0.15, 0.2) is 48.5 Å². The van der Waals surface area contributed by atoms with Gasteiger partial charge in [-0.05, 0) is 37.6 Å². The second-order valence-corrected chi connectivity index (χ2v) is 6.19. The van der Waals surface area contributed by atoms with Crippen LogP contribution in [0.1, 0.15) is 11.1 Å². The molecule has 0 atom stereocenters. The molecule has 0 aromatic heterocycles. The molecular weight excluding hydrogens is 294 g/mol. The molecule has 0 saturated carbocycles. The Kier molecular flexibility index (Phi) is 6.34. The summed E-state index contributed by atoms with van der Waals surface area (Å²) < 4.78 is 5.59. The minimum atomic E-state index is 0.0247. The van der Waals surface area contributed by atoms with Gasteiger partial charge in [0.15, 0.2) is 0 Å². The van der Waals surface area contributed by atoms with E-state index >= 15 is 0 Å². The van der Waals surface area contributed by atoms with Crippen LogP contribution in [0, 0.1) is 13.8 Å². The molecule has 0 bridgehead atoms. The van der Waals surface area contributed by atoms with E-state index in [0.717, 1.165) is 22.8 Å². The van der Waals surface area contributed by atoms with Gasteiger partial charge in [-0.15, -0.1) is 11.8 Å². The average molecular weight is 315 g/mol. The first-order valence-electron chi connectivity index (χ1n) is 7.28. The van der Waals surface area contributed by atoms with E-state index in [0.29, 0.717) is 12.4 Å². The van der Waals surface area contributed by atoms with Crippen molar-refractivity contribution in [2.24, 2.45) is 0 Å². The largest absolute Gasteiger partial charge is 0.493 e. The Bertz CT molecular complexity index is 614. The molecule has 2 aromatic rings. The van der Waals surface area contributed by atoms with Crippen LogP contribution in [0.25, 0.3) is 0 Å². The van der Waals surface area contributed by atoms with E-state index in [1.807, 2.05) is 56.3 Å². The summed E-state index contributed by atoms with van der Waals surface area (Å²) >= 11 is 1.57. The third-order valence-corrected chi connectivity index (χ3v) is 4.05. The van der Waals surface area contributed by atoms with E-state index in [-0.39, 0.29) is 5.91 Å². The Morgan fingerprint density at radius 2 is 1.91 bits per heavy atom. The van der Waals surface area contributed by atoms with E-state index in [1.165, 1.54) is 5.56 Å². The molecule has 0 spiro atoms. The summed E-state index contributed by atoms with van der Waals surface area (Å²) in [5.41, 5.74) is 3.17. The number of rotatable bonds is 7. The zero-order valence-electron chi connectivity index (χ0n) is 13.0. The topological polar surface area (TPSA) is 38.3 Å². The molecule has 2 rings (SSSR count). The molecule has 0 heterocycles. The fourth-order valence-electron chi connectivity index (χ4n) is 2.04. The van der Waals surface area contributed by atoms with Crippen LogP contribution in [-0.4, -0.2) is 24.0 Å². The highest BCUT2D eigenvalue weighted by Crippen LogP contribution is 2.16. The molecule has 0 aliphatic heterocycles. The molecule has 116 valence electrons. The molecule has 3 nitrogen and oxygen atoms in total. The predicted octanol–water partition coefficient (Wildman–Crippen LogP) is 4.05. The summed E-state index contributed by atoms with van der Waals surface area (Å²) in [6, 6.07) is 15.7. The molecule has 1 amide bonds. The van der Waals surface area contributed by atoms with Crippen LogP contribution in [-0.2, 0) is 4.79 Å². The van der Waals surface area contributed by atoms with Crippen molar-refractivity contribution in [1.82, 2.24) is 0 Å². The molecule has 2 aromatic carbocycles. The van der Waals surface area contributed by atoms with Gasteiger partial charge in [0.2, 0.25) is 5.91 Å².